The van der Waals surface area contributed by atoms with E-state index in [9.17, 15) is 8.78 Å². The van der Waals surface area contributed by atoms with Crippen molar-refractivity contribution in [3.8, 4) is 0 Å². The molecule has 1 aliphatic rings. The van der Waals surface area contributed by atoms with Gasteiger partial charge in [-0.1, -0.05) is 31.4 Å². The summed E-state index contributed by atoms with van der Waals surface area (Å²) in [6.07, 6.45) is 4.30. The van der Waals surface area contributed by atoms with Crippen molar-refractivity contribution in [2.75, 3.05) is 13.1 Å². The Kier molecular flexibility index (Phi) is 3.58. The van der Waals surface area contributed by atoms with Crippen LogP contribution in [0.3, 0.4) is 0 Å². The van der Waals surface area contributed by atoms with Crippen LogP contribution in [0.4, 0.5) is 8.78 Å². The van der Waals surface area contributed by atoms with Crippen molar-refractivity contribution in [2.24, 2.45) is 5.92 Å². The van der Waals surface area contributed by atoms with Crippen molar-refractivity contribution in [1.29, 1.82) is 0 Å². The van der Waals surface area contributed by atoms with Gasteiger partial charge in [-0.15, -0.1) is 0 Å². The summed E-state index contributed by atoms with van der Waals surface area (Å²) < 4.78 is 26.9. The van der Waals surface area contributed by atoms with E-state index in [0.29, 0.717) is 18.7 Å². The number of rotatable bonds is 5. The van der Waals surface area contributed by atoms with Crippen LogP contribution in [0.15, 0.2) is 37.0 Å². The summed E-state index contributed by atoms with van der Waals surface area (Å²) in [7, 11) is 0. The molecular formula is C11H15F2N. The Morgan fingerprint density at radius 3 is 2.43 bits per heavy atom. The van der Waals surface area contributed by atoms with E-state index in [1.807, 2.05) is 0 Å². The van der Waals surface area contributed by atoms with Gasteiger partial charge < -0.3 is 5.32 Å². The Bertz CT molecular complexity index is 252. The molecule has 1 nitrogen and oxygen atoms in total. The second-order valence-corrected chi connectivity index (χ2v) is 3.47. The van der Waals surface area contributed by atoms with Gasteiger partial charge in [-0.05, 0) is 5.57 Å². The normalized spacial score (nSPS) is 18.9. The summed E-state index contributed by atoms with van der Waals surface area (Å²) in [5.41, 5.74) is 0.539. The summed E-state index contributed by atoms with van der Waals surface area (Å²) in [6.45, 7) is 7.79. The Labute approximate surface area is 83.2 Å². The minimum atomic E-state index is -2.63. The van der Waals surface area contributed by atoms with Crippen molar-refractivity contribution in [1.82, 2.24) is 5.32 Å². The fourth-order valence-electron chi connectivity index (χ4n) is 1.35. The van der Waals surface area contributed by atoms with Gasteiger partial charge >= 0.3 is 0 Å². The van der Waals surface area contributed by atoms with Crippen LogP contribution in [0.5, 0.6) is 0 Å². The SMILES string of the molecule is C=C/C=C(\C=C)CC(F)(F)C1CNC1. The molecule has 1 N–H and O–H groups in total. The van der Waals surface area contributed by atoms with E-state index in [4.69, 9.17) is 0 Å². The molecule has 1 rings (SSSR count). The Balaban J connectivity index is 2.59. The molecule has 0 bridgehead atoms. The predicted octanol–water partition coefficient (Wildman–Crippen LogP) is 2.53. The molecule has 1 saturated heterocycles. The van der Waals surface area contributed by atoms with E-state index in [1.54, 1.807) is 6.08 Å². The highest BCUT2D eigenvalue weighted by Gasteiger charge is 2.42. The van der Waals surface area contributed by atoms with E-state index in [1.165, 1.54) is 12.2 Å². The third-order valence-electron chi connectivity index (χ3n) is 2.41. The van der Waals surface area contributed by atoms with Gasteiger partial charge in [0.1, 0.15) is 0 Å². The highest BCUT2D eigenvalue weighted by Crippen LogP contribution is 2.33. The molecule has 0 atom stereocenters. The highest BCUT2D eigenvalue weighted by atomic mass is 19.3. The summed E-state index contributed by atoms with van der Waals surface area (Å²) in [5.74, 6) is -3.16. The van der Waals surface area contributed by atoms with Crippen molar-refractivity contribution >= 4 is 0 Å². The molecule has 0 spiro atoms. The molecule has 1 fully saturated rings. The quantitative estimate of drug-likeness (QED) is 0.671. The molecule has 0 amide bonds. The zero-order valence-electron chi connectivity index (χ0n) is 8.10. The maximum atomic E-state index is 13.5. The minimum absolute atomic E-state index is 0.241. The maximum Gasteiger partial charge on any atom is 0.257 e. The zero-order chi connectivity index (χ0) is 10.6. The number of allylic oxidation sites excluding steroid dienone is 4. The molecule has 0 saturated carbocycles. The second kappa shape index (κ2) is 4.51. The van der Waals surface area contributed by atoms with Gasteiger partial charge in [0, 0.05) is 25.4 Å². The van der Waals surface area contributed by atoms with Crippen LogP contribution >= 0.6 is 0 Å². The minimum Gasteiger partial charge on any atom is -0.316 e. The fraction of sp³-hybridized carbons (Fsp3) is 0.455. The molecule has 1 aliphatic heterocycles. The maximum absolute atomic E-state index is 13.5. The van der Waals surface area contributed by atoms with Gasteiger partial charge in [-0.25, -0.2) is 8.78 Å². The van der Waals surface area contributed by atoms with Crippen LogP contribution in [0.25, 0.3) is 0 Å². The zero-order valence-corrected chi connectivity index (χ0v) is 8.10. The smallest absolute Gasteiger partial charge is 0.257 e. The summed E-state index contributed by atoms with van der Waals surface area (Å²) >= 11 is 0. The van der Waals surface area contributed by atoms with Gasteiger partial charge in [-0.2, -0.15) is 0 Å². The second-order valence-electron chi connectivity index (χ2n) is 3.47. The molecule has 0 aromatic carbocycles. The summed E-state index contributed by atoms with van der Waals surface area (Å²) in [6, 6.07) is 0. The molecule has 14 heavy (non-hydrogen) atoms. The van der Waals surface area contributed by atoms with E-state index in [2.05, 4.69) is 18.5 Å². The standard InChI is InChI=1S/C11H15F2N/c1-3-5-9(4-2)6-11(12,13)10-7-14-8-10/h3-5,10,14H,1-2,6-8H2/b9-5+. The van der Waals surface area contributed by atoms with E-state index in [-0.39, 0.29) is 6.42 Å². The topological polar surface area (TPSA) is 12.0 Å². The lowest BCUT2D eigenvalue weighted by molar-refractivity contribution is -0.0747. The monoisotopic (exact) mass is 199 g/mol. The number of nitrogens with one attached hydrogen (secondary N) is 1. The van der Waals surface area contributed by atoms with Crippen LogP contribution in [0.2, 0.25) is 0 Å². The lowest BCUT2D eigenvalue weighted by atomic mass is 9.90. The van der Waals surface area contributed by atoms with Gasteiger partial charge in [0.05, 0.1) is 0 Å². The van der Waals surface area contributed by atoms with Gasteiger partial charge in [0.25, 0.3) is 5.92 Å². The number of hydrogen-bond acceptors (Lipinski definition) is 1. The first-order valence-electron chi connectivity index (χ1n) is 4.62. The van der Waals surface area contributed by atoms with Crippen LogP contribution < -0.4 is 5.32 Å². The van der Waals surface area contributed by atoms with Gasteiger partial charge in [-0.3, -0.25) is 0 Å². The third kappa shape index (κ3) is 2.51. The van der Waals surface area contributed by atoms with E-state index in [0.717, 1.165) is 0 Å². The first-order valence-corrected chi connectivity index (χ1v) is 4.62. The lowest BCUT2D eigenvalue weighted by Crippen LogP contribution is -2.51. The van der Waals surface area contributed by atoms with E-state index < -0.39 is 11.8 Å². The fourth-order valence-corrected chi connectivity index (χ4v) is 1.35. The van der Waals surface area contributed by atoms with Crippen LogP contribution in [-0.4, -0.2) is 19.0 Å². The summed E-state index contributed by atoms with van der Waals surface area (Å²) in [4.78, 5) is 0. The Hall–Kier alpha value is -0.960. The van der Waals surface area contributed by atoms with Crippen molar-refractivity contribution in [3.63, 3.8) is 0 Å². The van der Waals surface area contributed by atoms with Crippen LogP contribution in [0.1, 0.15) is 6.42 Å². The molecule has 0 radical (unpaired) electrons. The molecule has 0 unspecified atom stereocenters. The van der Waals surface area contributed by atoms with Crippen molar-refractivity contribution in [2.45, 2.75) is 12.3 Å². The van der Waals surface area contributed by atoms with Crippen molar-refractivity contribution < 1.29 is 8.78 Å². The first-order chi connectivity index (χ1) is 6.60. The Morgan fingerprint density at radius 1 is 1.43 bits per heavy atom. The molecule has 0 aromatic heterocycles. The molecule has 0 aliphatic carbocycles. The van der Waals surface area contributed by atoms with Crippen LogP contribution in [-0.2, 0) is 0 Å². The predicted molar refractivity (Wildman–Crippen MR) is 54.4 cm³/mol. The van der Waals surface area contributed by atoms with Crippen LogP contribution in [0, 0.1) is 5.92 Å². The average Bonchev–Trinajstić information content (AvgIpc) is 1.98. The Morgan fingerprint density at radius 2 is 2.07 bits per heavy atom. The first kappa shape index (κ1) is 11.1. The average molecular weight is 199 g/mol. The van der Waals surface area contributed by atoms with Gasteiger partial charge in [0.2, 0.25) is 0 Å². The molecule has 3 heteroatoms. The number of halogens is 2. The van der Waals surface area contributed by atoms with Gasteiger partial charge in [0.15, 0.2) is 0 Å². The number of hydrogen-bond donors (Lipinski definition) is 1. The largest absolute Gasteiger partial charge is 0.316 e. The van der Waals surface area contributed by atoms with Crippen molar-refractivity contribution in [3.05, 3.63) is 37.0 Å². The molecule has 78 valence electrons. The number of alkyl halides is 2. The van der Waals surface area contributed by atoms with E-state index >= 15 is 0 Å². The molecule has 0 aromatic rings. The molecule has 1 heterocycles. The third-order valence-corrected chi connectivity index (χ3v) is 2.41. The molecular weight excluding hydrogens is 184 g/mol. The highest BCUT2D eigenvalue weighted by molar-refractivity contribution is 5.23. The lowest BCUT2D eigenvalue weighted by Gasteiger charge is -2.34. The summed E-state index contributed by atoms with van der Waals surface area (Å²) in [5, 5.41) is 2.85.